The van der Waals surface area contributed by atoms with E-state index in [0.717, 1.165) is 38.6 Å². The fourth-order valence-corrected chi connectivity index (χ4v) is 2.87. The van der Waals surface area contributed by atoms with E-state index in [1.54, 1.807) is 0 Å². The molecule has 118 valence electrons. The van der Waals surface area contributed by atoms with Gasteiger partial charge in [0.25, 0.3) is 0 Å². The van der Waals surface area contributed by atoms with Crippen molar-refractivity contribution in [3.05, 3.63) is 34.3 Å². The number of rotatable bonds is 10. The molecule has 1 unspecified atom stereocenters. The molecule has 0 aliphatic heterocycles. The third-order valence-corrected chi connectivity index (χ3v) is 4.63. The van der Waals surface area contributed by atoms with Crippen molar-refractivity contribution in [3.8, 4) is 0 Å². The highest BCUT2D eigenvalue weighted by Gasteiger charge is 2.22. The molecule has 1 aliphatic rings. The molecule has 0 aromatic heterocycles. The molecule has 1 fully saturated rings. The Kier molecular flexibility index (Phi) is 7.21. The number of ether oxygens (including phenoxy) is 1. The van der Waals surface area contributed by atoms with Gasteiger partial charge in [-0.3, -0.25) is 0 Å². The Balaban J connectivity index is 1.81. The summed E-state index contributed by atoms with van der Waals surface area (Å²) in [6, 6.07) is 8.52. The lowest BCUT2D eigenvalue weighted by Crippen LogP contribution is -2.30. The van der Waals surface area contributed by atoms with Gasteiger partial charge in [-0.25, -0.2) is 0 Å². The third-order valence-electron chi connectivity index (χ3n) is 3.86. The van der Waals surface area contributed by atoms with Gasteiger partial charge in [0.1, 0.15) is 0 Å². The molecule has 0 bridgehead atoms. The second kappa shape index (κ2) is 8.92. The average Bonchev–Trinajstić information content (AvgIpc) is 3.25. The lowest BCUT2D eigenvalue weighted by molar-refractivity contribution is 0.0904. The highest BCUT2D eigenvalue weighted by atomic mass is 79.9. The van der Waals surface area contributed by atoms with Crippen LogP contribution in [0.25, 0.3) is 0 Å². The zero-order valence-electron chi connectivity index (χ0n) is 13.3. The highest BCUT2D eigenvalue weighted by Crippen LogP contribution is 2.29. The van der Waals surface area contributed by atoms with Crippen LogP contribution >= 0.6 is 15.9 Å². The quantitative estimate of drug-likeness (QED) is 0.677. The summed E-state index contributed by atoms with van der Waals surface area (Å²) < 4.78 is 7.14. The first-order valence-electron chi connectivity index (χ1n) is 8.17. The van der Waals surface area contributed by atoms with Gasteiger partial charge >= 0.3 is 0 Å². The second-order valence-corrected chi connectivity index (χ2v) is 7.55. The summed E-state index contributed by atoms with van der Waals surface area (Å²) in [5.41, 5.74) is 1.38. The molecule has 21 heavy (non-hydrogen) atoms. The fourth-order valence-electron chi connectivity index (χ4n) is 2.43. The van der Waals surface area contributed by atoms with E-state index >= 15 is 0 Å². The van der Waals surface area contributed by atoms with E-state index in [9.17, 15) is 0 Å². The van der Waals surface area contributed by atoms with Crippen LogP contribution in [-0.2, 0) is 11.2 Å². The molecule has 0 amide bonds. The first kappa shape index (κ1) is 17.0. The van der Waals surface area contributed by atoms with Gasteiger partial charge in [-0.2, -0.15) is 0 Å². The van der Waals surface area contributed by atoms with Crippen LogP contribution in [0.5, 0.6) is 0 Å². The lowest BCUT2D eigenvalue weighted by Gasteiger charge is -2.19. The first-order chi connectivity index (χ1) is 10.1. The molecule has 0 spiro atoms. The summed E-state index contributed by atoms with van der Waals surface area (Å²) in [7, 11) is 0. The van der Waals surface area contributed by atoms with Crippen molar-refractivity contribution < 1.29 is 4.74 Å². The van der Waals surface area contributed by atoms with E-state index < -0.39 is 0 Å². The topological polar surface area (TPSA) is 21.3 Å². The summed E-state index contributed by atoms with van der Waals surface area (Å²) in [6.07, 6.45) is 3.79. The Morgan fingerprint density at radius 3 is 2.67 bits per heavy atom. The number of hydrogen-bond donors (Lipinski definition) is 1. The molecule has 1 aromatic rings. The SMILES string of the molecule is CC(C)CNCC(COCC1CC1)Cc1ccccc1Br. The standard InChI is InChI=1S/C18H28BrNO/c1-14(2)10-20-11-16(13-21-12-15-7-8-15)9-17-5-3-4-6-18(17)19/h3-6,14-16,20H,7-13H2,1-2H3. The largest absolute Gasteiger partial charge is 0.381 e. The van der Waals surface area contributed by atoms with Gasteiger partial charge in [-0.1, -0.05) is 48.0 Å². The number of halogens is 1. The predicted octanol–water partition coefficient (Wildman–Crippen LogP) is 4.28. The lowest BCUT2D eigenvalue weighted by atomic mass is 10.00. The maximum Gasteiger partial charge on any atom is 0.0509 e. The molecule has 1 aromatic carbocycles. The molecule has 1 saturated carbocycles. The minimum absolute atomic E-state index is 0.543. The third kappa shape index (κ3) is 6.94. The van der Waals surface area contributed by atoms with Crippen molar-refractivity contribution in [2.24, 2.45) is 17.8 Å². The summed E-state index contributed by atoms with van der Waals surface area (Å²) in [4.78, 5) is 0. The van der Waals surface area contributed by atoms with Crippen molar-refractivity contribution in [2.75, 3.05) is 26.3 Å². The fraction of sp³-hybridized carbons (Fsp3) is 0.667. The summed E-state index contributed by atoms with van der Waals surface area (Å²) in [5.74, 6) is 2.08. The van der Waals surface area contributed by atoms with E-state index in [0.29, 0.717) is 11.8 Å². The smallest absolute Gasteiger partial charge is 0.0509 e. The van der Waals surface area contributed by atoms with E-state index in [1.807, 2.05) is 0 Å². The summed E-state index contributed by atoms with van der Waals surface area (Å²) in [5, 5.41) is 3.58. The normalized spacial score (nSPS) is 16.4. The molecule has 0 radical (unpaired) electrons. The van der Waals surface area contributed by atoms with Gasteiger partial charge in [0, 0.05) is 17.6 Å². The van der Waals surface area contributed by atoms with Crippen LogP contribution in [0, 0.1) is 17.8 Å². The van der Waals surface area contributed by atoms with Crippen LogP contribution in [0.15, 0.2) is 28.7 Å². The van der Waals surface area contributed by atoms with Crippen molar-refractivity contribution in [1.29, 1.82) is 0 Å². The van der Waals surface area contributed by atoms with Gasteiger partial charge < -0.3 is 10.1 Å². The zero-order chi connectivity index (χ0) is 15.1. The van der Waals surface area contributed by atoms with Crippen LogP contribution < -0.4 is 5.32 Å². The average molecular weight is 354 g/mol. The van der Waals surface area contributed by atoms with Crippen molar-refractivity contribution in [3.63, 3.8) is 0 Å². The monoisotopic (exact) mass is 353 g/mol. The van der Waals surface area contributed by atoms with Gasteiger partial charge in [0.05, 0.1) is 6.61 Å². The molecule has 1 N–H and O–H groups in total. The first-order valence-corrected chi connectivity index (χ1v) is 8.96. The Morgan fingerprint density at radius 1 is 1.24 bits per heavy atom. The van der Waals surface area contributed by atoms with Crippen molar-refractivity contribution in [2.45, 2.75) is 33.1 Å². The maximum absolute atomic E-state index is 5.93. The van der Waals surface area contributed by atoms with Gasteiger partial charge in [0.15, 0.2) is 0 Å². The summed E-state index contributed by atoms with van der Waals surface area (Å²) in [6.45, 7) is 8.43. The minimum Gasteiger partial charge on any atom is -0.381 e. The molecule has 2 nitrogen and oxygen atoms in total. The van der Waals surface area contributed by atoms with Gasteiger partial charge in [-0.05, 0) is 55.2 Å². The molecular formula is C18H28BrNO. The molecule has 3 heteroatoms. The molecule has 1 aliphatic carbocycles. The van der Waals surface area contributed by atoms with E-state index in [4.69, 9.17) is 4.74 Å². The van der Waals surface area contributed by atoms with Crippen LogP contribution in [0.1, 0.15) is 32.3 Å². The minimum atomic E-state index is 0.543. The Bertz CT molecular complexity index is 409. The highest BCUT2D eigenvalue weighted by molar-refractivity contribution is 9.10. The summed E-state index contributed by atoms with van der Waals surface area (Å²) >= 11 is 3.66. The van der Waals surface area contributed by atoms with Gasteiger partial charge in [-0.15, -0.1) is 0 Å². The van der Waals surface area contributed by atoms with E-state index in [1.165, 1.54) is 22.9 Å². The molecule has 0 saturated heterocycles. The Morgan fingerprint density at radius 2 is 2.00 bits per heavy atom. The van der Waals surface area contributed by atoms with Crippen LogP contribution in [-0.4, -0.2) is 26.3 Å². The molecule has 1 atom stereocenters. The number of hydrogen-bond acceptors (Lipinski definition) is 2. The number of benzene rings is 1. The van der Waals surface area contributed by atoms with Crippen LogP contribution in [0.3, 0.4) is 0 Å². The van der Waals surface area contributed by atoms with Gasteiger partial charge in [0.2, 0.25) is 0 Å². The van der Waals surface area contributed by atoms with Crippen molar-refractivity contribution >= 4 is 15.9 Å². The van der Waals surface area contributed by atoms with Crippen LogP contribution in [0.4, 0.5) is 0 Å². The molecule has 0 heterocycles. The van der Waals surface area contributed by atoms with Crippen molar-refractivity contribution in [1.82, 2.24) is 5.32 Å². The predicted molar refractivity (Wildman–Crippen MR) is 92.6 cm³/mol. The van der Waals surface area contributed by atoms with Crippen LogP contribution in [0.2, 0.25) is 0 Å². The van der Waals surface area contributed by atoms with E-state index in [2.05, 4.69) is 59.4 Å². The number of nitrogens with one attached hydrogen (secondary N) is 1. The molecular weight excluding hydrogens is 326 g/mol. The Hall–Kier alpha value is -0.380. The zero-order valence-corrected chi connectivity index (χ0v) is 14.9. The van der Waals surface area contributed by atoms with E-state index in [-0.39, 0.29) is 0 Å². The maximum atomic E-state index is 5.93. The Labute approximate surface area is 137 Å². The second-order valence-electron chi connectivity index (χ2n) is 6.69. The molecule has 2 rings (SSSR count).